The number of rotatable bonds is 2. The largest absolute Gasteiger partial charge is 0.466 e. The van der Waals surface area contributed by atoms with Crippen LogP contribution in [0.5, 0.6) is 0 Å². The molecular weight excluding hydrogens is 372 g/mol. The minimum absolute atomic E-state index is 0.0647. The Morgan fingerprint density at radius 3 is 2.41 bits per heavy atom. The standard InChI is InChI=1S/C23H24O6/c1-2-27-22(26)16-12-17-15(8-5-9-23(17)28-10-11-29-23)18-19(16)21(25)14-7-4-3-6-13(14)20(18)24/h3-4,6-7,12,15-16,18-19H,2,5,8-11H2,1H3/t15-,16+,18+,19-/m1/s1. The summed E-state index contributed by atoms with van der Waals surface area (Å²) < 4.78 is 17.3. The van der Waals surface area contributed by atoms with E-state index >= 15 is 0 Å². The third-order valence-electron chi connectivity index (χ3n) is 6.80. The second-order valence-electron chi connectivity index (χ2n) is 8.17. The van der Waals surface area contributed by atoms with Gasteiger partial charge in [0.15, 0.2) is 17.4 Å². The van der Waals surface area contributed by atoms with Gasteiger partial charge in [0.25, 0.3) is 0 Å². The number of hydrogen-bond donors (Lipinski definition) is 0. The Morgan fingerprint density at radius 1 is 1.10 bits per heavy atom. The summed E-state index contributed by atoms with van der Waals surface area (Å²) in [5.41, 5.74) is 1.71. The average molecular weight is 396 g/mol. The second-order valence-corrected chi connectivity index (χ2v) is 8.17. The van der Waals surface area contributed by atoms with Gasteiger partial charge in [0, 0.05) is 29.4 Å². The second kappa shape index (κ2) is 6.89. The summed E-state index contributed by atoms with van der Waals surface area (Å²) in [6.45, 7) is 2.93. The molecule has 1 spiro atoms. The maximum absolute atomic E-state index is 13.6. The fourth-order valence-corrected chi connectivity index (χ4v) is 5.69. The number of Topliss-reactive ketones (excluding diaryl/α,β-unsaturated/α-hetero) is 2. The number of esters is 1. The number of carbonyl (C=O) groups is 3. The highest BCUT2D eigenvalue weighted by Gasteiger charge is 2.58. The Labute approximate surface area is 169 Å². The molecule has 4 atom stereocenters. The van der Waals surface area contributed by atoms with Gasteiger partial charge < -0.3 is 14.2 Å². The quantitative estimate of drug-likeness (QED) is 0.565. The first kappa shape index (κ1) is 18.7. The molecule has 4 aliphatic rings. The fourth-order valence-electron chi connectivity index (χ4n) is 5.69. The first-order valence-electron chi connectivity index (χ1n) is 10.4. The zero-order chi connectivity index (χ0) is 20.2. The molecule has 0 N–H and O–H groups in total. The zero-order valence-corrected chi connectivity index (χ0v) is 16.4. The molecule has 0 radical (unpaired) electrons. The Morgan fingerprint density at radius 2 is 1.76 bits per heavy atom. The van der Waals surface area contributed by atoms with E-state index < -0.39 is 29.5 Å². The van der Waals surface area contributed by atoms with Gasteiger partial charge >= 0.3 is 5.97 Å². The van der Waals surface area contributed by atoms with Gasteiger partial charge in [-0.1, -0.05) is 30.3 Å². The first-order chi connectivity index (χ1) is 14.1. The molecule has 0 bridgehead atoms. The fraction of sp³-hybridized carbons (Fsp3) is 0.522. The summed E-state index contributed by atoms with van der Waals surface area (Å²) in [7, 11) is 0. The summed E-state index contributed by atoms with van der Waals surface area (Å²) in [5.74, 6) is -3.84. The monoisotopic (exact) mass is 396 g/mol. The van der Waals surface area contributed by atoms with Crippen LogP contribution < -0.4 is 0 Å². The van der Waals surface area contributed by atoms with E-state index in [2.05, 4.69) is 0 Å². The Kier molecular flexibility index (Phi) is 4.44. The summed E-state index contributed by atoms with van der Waals surface area (Å²) in [6.07, 6.45) is 4.14. The molecule has 1 aromatic carbocycles. The van der Waals surface area contributed by atoms with E-state index in [0.29, 0.717) is 30.8 Å². The lowest BCUT2D eigenvalue weighted by Crippen LogP contribution is -2.54. The Bertz CT molecular complexity index is 910. The summed E-state index contributed by atoms with van der Waals surface area (Å²) >= 11 is 0. The van der Waals surface area contributed by atoms with E-state index in [-0.39, 0.29) is 24.1 Å². The van der Waals surface area contributed by atoms with Crippen molar-refractivity contribution in [3.63, 3.8) is 0 Å². The molecule has 1 heterocycles. The molecular formula is C23H24O6. The molecule has 152 valence electrons. The zero-order valence-electron chi connectivity index (χ0n) is 16.4. The van der Waals surface area contributed by atoms with Gasteiger partial charge in [-0.05, 0) is 31.3 Å². The van der Waals surface area contributed by atoms with Crippen LogP contribution in [0.3, 0.4) is 0 Å². The first-order valence-corrected chi connectivity index (χ1v) is 10.4. The minimum Gasteiger partial charge on any atom is -0.466 e. The minimum atomic E-state index is -0.876. The normalized spacial score (nSPS) is 32.2. The summed E-state index contributed by atoms with van der Waals surface area (Å²) in [4.78, 5) is 39.9. The van der Waals surface area contributed by atoms with Crippen molar-refractivity contribution >= 4 is 17.5 Å². The van der Waals surface area contributed by atoms with E-state index in [1.807, 2.05) is 6.08 Å². The predicted octanol–water partition coefficient (Wildman–Crippen LogP) is 2.96. The van der Waals surface area contributed by atoms with Crippen LogP contribution in [0.25, 0.3) is 0 Å². The van der Waals surface area contributed by atoms with Gasteiger partial charge in [0.1, 0.15) is 0 Å². The van der Waals surface area contributed by atoms with Crippen LogP contribution in [0.4, 0.5) is 0 Å². The molecule has 1 saturated carbocycles. The Hall–Kier alpha value is -2.31. The lowest BCUT2D eigenvalue weighted by Gasteiger charge is -2.49. The third-order valence-corrected chi connectivity index (χ3v) is 6.80. The molecule has 2 fully saturated rings. The van der Waals surface area contributed by atoms with Crippen LogP contribution in [0.15, 0.2) is 35.9 Å². The predicted molar refractivity (Wildman–Crippen MR) is 102 cm³/mol. The molecule has 29 heavy (non-hydrogen) atoms. The molecule has 1 aliphatic heterocycles. The summed E-state index contributed by atoms with van der Waals surface area (Å²) in [5, 5.41) is 0. The number of ketones is 2. The number of fused-ring (bicyclic) bond motifs is 5. The summed E-state index contributed by atoms with van der Waals surface area (Å²) in [6, 6.07) is 6.92. The topological polar surface area (TPSA) is 78.9 Å². The van der Waals surface area contributed by atoms with Crippen LogP contribution in [0.1, 0.15) is 46.9 Å². The van der Waals surface area contributed by atoms with Crippen molar-refractivity contribution in [1.29, 1.82) is 0 Å². The molecule has 3 aliphatic carbocycles. The van der Waals surface area contributed by atoms with Crippen molar-refractivity contribution in [3.8, 4) is 0 Å². The number of carbonyl (C=O) groups excluding carboxylic acids is 3. The molecule has 0 unspecified atom stereocenters. The van der Waals surface area contributed by atoms with Crippen molar-refractivity contribution in [1.82, 2.24) is 0 Å². The Balaban J connectivity index is 1.68. The van der Waals surface area contributed by atoms with E-state index in [4.69, 9.17) is 14.2 Å². The number of ether oxygens (including phenoxy) is 3. The van der Waals surface area contributed by atoms with E-state index in [9.17, 15) is 14.4 Å². The highest BCUT2D eigenvalue weighted by atomic mass is 16.7. The van der Waals surface area contributed by atoms with Gasteiger partial charge in [-0.25, -0.2) is 0 Å². The highest BCUT2D eigenvalue weighted by molar-refractivity contribution is 6.17. The molecule has 0 amide bonds. The van der Waals surface area contributed by atoms with Crippen molar-refractivity contribution < 1.29 is 28.6 Å². The molecule has 0 aromatic heterocycles. The van der Waals surface area contributed by atoms with Crippen molar-refractivity contribution in [2.75, 3.05) is 19.8 Å². The lowest BCUT2D eigenvalue weighted by molar-refractivity contribution is -0.157. The third kappa shape index (κ3) is 2.66. The van der Waals surface area contributed by atoms with Gasteiger partial charge in [0.2, 0.25) is 0 Å². The molecule has 5 rings (SSSR count). The van der Waals surface area contributed by atoms with Crippen LogP contribution in [0.2, 0.25) is 0 Å². The van der Waals surface area contributed by atoms with Crippen LogP contribution in [-0.2, 0) is 19.0 Å². The van der Waals surface area contributed by atoms with Gasteiger partial charge in [-0.15, -0.1) is 0 Å². The smallest absolute Gasteiger partial charge is 0.313 e. The maximum Gasteiger partial charge on any atom is 0.313 e. The number of hydrogen-bond acceptors (Lipinski definition) is 6. The lowest BCUT2D eigenvalue weighted by atomic mass is 9.56. The molecule has 6 heteroatoms. The van der Waals surface area contributed by atoms with Crippen molar-refractivity contribution in [2.24, 2.45) is 23.7 Å². The van der Waals surface area contributed by atoms with Crippen molar-refractivity contribution in [2.45, 2.75) is 32.0 Å². The SMILES string of the molecule is CCOC(=O)[C@H]1C=C2[C@@H](CCCC23OCCO3)[C@@H]2C(=O)c3ccccc3C(=O)[C@@H]21. The number of benzene rings is 1. The highest BCUT2D eigenvalue weighted by Crippen LogP contribution is 2.54. The molecule has 1 aromatic rings. The van der Waals surface area contributed by atoms with Crippen LogP contribution in [-0.4, -0.2) is 43.1 Å². The van der Waals surface area contributed by atoms with E-state index in [0.717, 1.165) is 18.4 Å². The van der Waals surface area contributed by atoms with Gasteiger partial charge in [-0.3, -0.25) is 14.4 Å². The van der Waals surface area contributed by atoms with Crippen LogP contribution >= 0.6 is 0 Å². The van der Waals surface area contributed by atoms with Crippen LogP contribution in [0, 0.1) is 23.7 Å². The van der Waals surface area contributed by atoms with E-state index in [1.54, 1.807) is 31.2 Å². The maximum atomic E-state index is 13.6. The van der Waals surface area contributed by atoms with Gasteiger partial charge in [-0.2, -0.15) is 0 Å². The van der Waals surface area contributed by atoms with E-state index in [1.165, 1.54) is 0 Å². The van der Waals surface area contributed by atoms with Gasteiger partial charge in [0.05, 0.1) is 25.7 Å². The average Bonchev–Trinajstić information content (AvgIpc) is 3.20. The molecule has 1 saturated heterocycles. The molecule has 6 nitrogen and oxygen atoms in total. The van der Waals surface area contributed by atoms with Crippen molar-refractivity contribution in [3.05, 3.63) is 47.0 Å².